The monoisotopic (exact) mass is 370 g/mol. The van der Waals surface area contributed by atoms with Crippen LogP contribution in [0.25, 0.3) is 4.91 Å². The molecule has 26 heavy (non-hydrogen) atoms. The molecule has 0 aliphatic carbocycles. The highest BCUT2D eigenvalue weighted by atomic mass is 32.2. The summed E-state index contributed by atoms with van der Waals surface area (Å²) in [6.07, 6.45) is 0. The third-order valence-electron chi connectivity index (χ3n) is 4.36. The van der Waals surface area contributed by atoms with Crippen molar-refractivity contribution in [2.75, 3.05) is 11.9 Å². The number of rotatable bonds is 4. The van der Waals surface area contributed by atoms with Gasteiger partial charge in [0.15, 0.2) is 0 Å². The first-order chi connectivity index (χ1) is 12.3. The van der Waals surface area contributed by atoms with Crippen molar-refractivity contribution in [1.82, 2.24) is 0 Å². The fraction of sp³-hybridized carbons (Fsp3) is 0.250. The van der Waals surface area contributed by atoms with Crippen molar-refractivity contribution in [2.45, 2.75) is 27.7 Å². The topological polar surface area (TPSA) is 67.8 Å². The predicted molar refractivity (Wildman–Crippen MR) is 106 cm³/mol. The van der Waals surface area contributed by atoms with E-state index in [4.69, 9.17) is 4.74 Å². The number of ether oxygens (including phenoxy) is 1. The van der Waals surface area contributed by atoms with Crippen molar-refractivity contribution < 1.29 is 13.2 Å². The van der Waals surface area contributed by atoms with Crippen molar-refractivity contribution >= 4 is 26.5 Å². The van der Waals surface area contributed by atoms with Gasteiger partial charge in [-0.2, -0.15) is 8.42 Å². The molecule has 1 aliphatic heterocycles. The minimum atomic E-state index is -3.72. The molecule has 2 aromatic carbocycles. The van der Waals surface area contributed by atoms with Gasteiger partial charge in [-0.1, -0.05) is 18.2 Å². The number of nitrogens with one attached hydrogen (secondary N) is 1. The molecule has 0 amide bonds. The number of hydrogen-bond acceptors (Lipinski definition) is 4. The van der Waals surface area contributed by atoms with Crippen LogP contribution in [0.1, 0.15) is 30.5 Å². The lowest BCUT2D eigenvalue weighted by molar-refractivity contribution is 0.340. The average molecular weight is 370 g/mol. The highest BCUT2D eigenvalue weighted by molar-refractivity contribution is 8.00. The number of aryl methyl sites for hydroxylation is 2. The normalized spacial score (nSPS) is 15.8. The van der Waals surface area contributed by atoms with Gasteiger partial charge in [0.1, 0.15) is 16.5 Å². The zero-order valence-electron chi connectivity index (χ0n) is 15.3. The highest BCUT2D eigenvalue weighted by Crippen LogP contribution is 2.33. The summed E-state index contributed by atoms with van der Waals surface area (Å²) in [5.74, 6) is 1.12. The number of hydrogen-bond donors (Lipinski definition) is 1. The van der Waals surface area contributed by atoms with E-state index in [-0.39, 0.29) is 4.91 Å². The zero-order valence-corrected chi connectivity index (χ0v) is 16.1. The summed E-state index contributed by atoms with van der Waals surface area (Å²) in [6, 6.07) is 13.0. The molecular weight excluding hydrogens is 348 g/mol. The molecule has 1 N–H and O–H groups in total. The van der Waals surface area contributed by atoms with Crippen LogP contribution < -0.4 is 10.1 Å². The smallest absolute Gasteiger partial charge is 0.285 e. The Bertz CT molecular complexity index is 1000. The van der Waals surface area contributed by atoms with E-state index in [2.05, 4.69) is 9.71 Å². The Morgan fingerprint density at radius 3 is 2.31 bits per heavy atom. The van der Waals surface area contributed by atoms with E-state index >= 15 is 0 Å². The van der Waals surface area contributed by atoms with Crippen LogP contribution in [0.4, 0.5) is 5.69 Å². The maximum absolute atomic E-state index is 12.6. The summed E-state index contributed by atoms with van der Waals surface area (Å²) < 4.78 is 34.6. The zero-order chi connectivity index (χ0) is 18.9. The van der Waals surface area contributed by atoms with Crippen LogP contribution in [0.2, 0.25) is 0 Å². The van der Waals surface area contributed by atoms with E-state index in [1.165, 1.54) is 0 Å². The van der Waals surface area contributed by atoms with Gasteiger partial charge in [-0.15, -0.1) is 4.40 Å². The molecule has 0 spiro atoms. The second kappa shape index (κ2) is 6.96. The summed E-state index contributed by atoms with van der Waals surface area (Å²) in [6.45, 7) is 8.26. The summed E-state index contributed by atoms with van der Waals surface area (Å²) >= 11 is 0. The van der Waals surface area contributed by atoms with Crippen LogP contribution in [0.5, 0.6) is 5.75 Å². The number of nitrogens with zero attached hydrogens (tertiary/aromatic N) is 1. The maximum atomic E-state index is 12.6. The molecule has 6 heteroatoms. The molecule has 0 atom stereocenters. The van der Waals surface area contributed by atoms with Gasteiger partial charge in [0.05, 0.1) is 6.61 Å². The Morgan fingerprint density at radius 2 is 1.69 bits per heavy atom. The van der Waals surface area contributed by atoms with Crippen LogP contribution in [0.15, 0.2) is 52.4 Å². The molecule has 0 saturated carbocycles. The van der Waals surface area contributed by atoms with E-state index in [1.54, 1.807) is 6.92 Å². The molecule has 1 heterocycles. The van der Waals surface area contributed by atoms with Crippen LogP contribution in [0, 0.1) is 13.8 Å². The largest absolute Gasteiger partial charge is 0.494 e. The molecule has 0 aromatic heterocycles. The van der Waals surface area contributed by atoms with E-state index < -0.39 is 10.0 Å². The van der Waals surface area contributed by atoms with Gasteiger partial charge in [-0.05, 0) is 68.7 Å². The molecule has 136 valence electrons. The van der Waals surface area contributed by atoms with E-state index in [1.807, 2.05) is 63.2 Å². The molecule has 0 radical (unpaired) electrons. The predicted octanol–water partition coefficient (Wildman–Crippen LogP) is 4.29. The van der Waals surface area contributed by atoms with Gasteiger partial charge in [0.2, 0.25) is 0 Å². The first-order valence-electron chi connectivity index (χ1n) is 8.45. The fourth-order valence-corrected chi connectivity index (χ4v) is 4.26. The molecule has 1 aliphatic rings. The van der Waals surface area contributed by atoms with Gasteiger partial charge in [-0.3, -0.25) is 0 Å². The Kier molecular flexibility index (Phi) is 4.87. The third-order valence-corrected chi connectivity index (χ3v) is 5.84. The molecule has 5 nitrogen and oxygen atoms in total. The van der Waals surface area contributed by atoms with Gasteiger partial charge in [-0.25, -0.2) is 0 Å². The maximum Gasteiger partial charge on any atom is 0.285 e. The van der Waals surface area contributed by atoms with Crippen LogP contribution in [0.3, 0.4) is 0 Å². The van der Waals surface area contributed by atoms with Crippen LogP contribution in [-0.4, -0.2) is 20.9 Å². The number of amidine groups is 1. The number of benzene rings is 2. The molecule has 0 unspecified atom stereocenters. The number of anilines is 1. The van der Waals surface area contributed by atoms with Crippen molar-refractivity contribution in [1.29, 1.82) is 0 Å². The fourth-order valence-electron chi connectivity index (χ4n) is 2.84. The quantitative estimate of drug-likeness (QED) is 0.872. The summed E-state index contributed by atoms with van der Waals surface area (Å²) in [5, 5.41) is 3.10. The van der Waals surface area contributed by atoms with Gasteiger partial charge >= 0.3 is 0 Å². The van der Waals surface area contributed by atoms with E-state index in [0.717, 1.165) is 22.6 Å². The van der Waals surface area contributed by atoms with Crippen LogP contribution in [-0.2, 0) is 10.0 Å². The van der Waals surface area contributed by atoms with E-state index in [9.17, 15) is 8.42 Å². The van der Waals surface area contributed by atoms with Crippen molar-refractivity contribution in [3.05, 3.63) is 64.7 Å². The Hall–Kier alpha value is -2.60. The van der Waals surface area contributed by atoms with Crippen molar-refractivity contribution in [2.24, 2.45) is 4.40 Å². The molecule has 3 rings (SSSR count). The Balaban J connectivity index is 1.93. The van der Waals surface area contributed by atoms with E-state index in [0.29, 0.717) is 23.6 Å². The second-order valence-electron chi connectivity index (χ2n) is 6.25. The first kappa shape index (κ1) is 18.2. The highest BCUT2D eigenvalue weighted by Gasteiger charge is 2.31. The number of sulfonamides is 1. The Labute approximate surface area is 154 Å². The lowest BCUT2D eigenvalue weighted by Gasteiger charge is -2.09. The van der Waals surface area contributed by atoms with Crippen molar-refractivity contribution in [3.63, 3.8) is 0 Å². The average Bonchev–Trinajstić information content (AvgIpc) is 2.81. The molecule has 0 fully saturated rings. The summed E-state index contributed by atoms with van der Waals surface area (Å²) in [4.78, 5) is 0.258. The lowest BCUT2D eigenvalue weighted by atomic mass is 10.0. The third kappa shape index (κ3) is 3.51. The molecular formula is C20H22N2O3S. The van der Waals surface area contributed by atoms with Gasteiger partial charge in [0.25, 0.3) is 10.0 Å². The van der Waals surface area contributed by atoms with Crippen molar-refractivity contribution in [3.8, 4) is 5.75 Å². The SMILES string of the molecule is CCOc1ccc(NC2=NS(=O)(=O)C(c3ccc(C)c(C)c3)=C2C)cc1. The minimum Gasteiger partial charge on any atom is -0.494 e. The van der Waals surface area contributed by atoms with Gasteiger partial charge < -0.3 is 10.1 Å². The second-order valence-corrected chi connectivity index (χ2v) is 7.79. The van der Waals surface area contributed by atoms with Gasteiger partial charge in [0, 0.05) is 11.3 Å². The molecule has 0 saturated heterocycles. The standard InChI is InChI=1S/C20H22N2O3S/c1-5-25-18-10-8-17(9-11-18)21-20-15(4)19(26(23,24)22-20)16-7-6-13(2)14(3)12-16/h6-12H,5H2,1-4H3,(H,21,22). The minimum absolute atomic E-state index is 0.258. The summed E-state index contributed by atoms with van der Waals surface area (Å²) in [5.41, 5.74) is 4.20. The van der Waals surface area contributed by atoms with Crippen LogP contribution >= 0.6 is 0 Å². The summed E-state index contributed by atoms with van der Waals surface area (Å²) in [7, 11) is -3.72. The first-order valence-corrected chi connectivity index (χ1v) is 9.89. The molecule has 0 bridgehead atoms. The lowest BCUT2D eigenvalue weighted by Crippen LogP contribution is -2.11. The molecule has 2 aromatic rings. The Morgan fingerprint density at radius 1 is 1.00 bits per heavy atom.